The lowest BCUT2D eigenvalue weighted by Crippen LogP contribution is -2.28. The molecule has 1 aromatic carbocycles. The number of amides is 1. The number of benzene rings is 1. The summed E-state index contributed by atoms with van der Waals surface area (Å²) in [6.07, 6.45) is 2.59. The molecule has 1 fully saturated rings. The number of carbonyl (C=O) groups is 2. The molecular weight excluding hydrogens is 270 g/mol. The van der Waals surface area contributed by atoms with E-state index in [1.807, 2.05) is 23.1 Å². The Morgan fingerprint density at radius 2 is 2.24 bits per heavy atom. The standard InChI is InChI=1S/C16H19NO4/c18-15(19)4-1-11-5-7-17(10-11)16(20)13-2-3-14-12(9-13)6-8-21-14/h2-3,9,11H,1,4-8,10H2,(H,18,19). The molecule has 1 saturated heterocycles. The van der Waals surface area contributed by atoms with Gasteiger partial charge < -0.3 is 14.7 Å². The van der Waals surface area contributed by atoms with Crippen molar-refractivity contribution in [1.82, 2.24) is 4.90 Å². The summed E-state index contributed by atoms with van der Waals surface area (Å²) in [5, 5.41) is 8.72. The van der Waals surface area contributed by atoms with E-state index in [0.717, 1.165) is 30.7 Å². The Bertz CT molecular complexity index is 569. The van der Waals surface area contributed by atoms with Crippen LogP contribution in [0.4, 0.5) is 0 Å². The summed E-state index contributed by atoms with van der Waals surface area (Å²) in [6, 6.07) is 5.61. The van der Waals surface area contributed by atoms with Crippen molar-refractivity contribution in [3.8, 4) is 5.75 Å². The summed E-state index contributed by atoms with van der Waals surface area (Å²) in [4.78, 5) is 24.9. The highest BCUT2D eigenvalue weighted by Gasteiger charge is 2.27. The van der Waals surface area contributed by atoms with E-state index in [4.69, 9.17) is 9.84 Å². The van der Waals surface area contributed by atoms with Crippen molar-refractivity contribution >= 4 is 11.9 Å². The first-order chi connectivity index (χ1) is 10.1. The Morgan fingerprint density at radius 1 is 1.38 bits per heavy atom. The summed E-state index contributed by atoms with van der Waals surface area (Å²) in [6.45, 7) is 2.07. The van der Waals surface area contributed by atoms with Crippen molar-refractivity contribution in [3.63, 3.8) is 0 Å². The van der Waals surface area contributed by atoms with Crippen LogP contribution in [0.2, 0.25) is 0 Å². The molecule has 1 amide bonds. The van der Waals surface area contributed by atoms with Crippen molar-refractivity contribution < 1.29 is 19.4 Å². The first-order valence-electron chi connectivity index (χ1n) is 7.40. The Kier molecular flexibility index (Phi) is 3.82. The second kappa shape index (κ2) is 5.76. The van der Waals surface area contributed by atoms with Crippen molar-refractivity contribution in [2.45, 2.75) is 25.7 Å². The minimum atomic E-state index is -0.765. The number of fused-ring (bicyclic) bond motifs is 1. The van der Waals surface area contributed by atoms with Crippen LogP contribution in [0.15, 0.2) is 18.2 Å². The van der Waals surface area contributed by atoms with Gasteiger partial charge in [-0.1, -0.05) is 0 Å². The smallest absolute Gasteiger partial charge is 0.303 e. The molecule has 0 bridgehead atoms. The molecule has 0 aromatic heterocycles. The molecule has 2 heterocycles. The molecule has 112 valence electrons. The Labute approximate surface area is 123 Å². The molecule has 2 aliphatic heterocycles. The van der Waals surface area contributed by atoms with Crippen LogP contribution in [0.25, 0.3) is 0 Å². The van der Waals surface area contributed by atoms with E-state index in [0.29, 0.717) is 31.1 Å². The van der Waals surface area contributed by atoms with E-state index in [-0.39, 0.29) is 12.3 Å². The molecule has 0 radical (unpaired) electrons. The summed E-state index contributed by atoms with van der Waals surface area (Å²) >= 11 is 0. The molecule has 0 saturated carbocycles. The lowest BCUT2D eigenvalue weighted by molar-refractivity contribution is -0.137. The third-order valence-corrected chi connectivity index (χ3v) is 4.28. The predicted octanol–water partition coefficient (Wildman–Crippen LogP) is 1.95. The number of carboxylic acids is 1. The second-order valence-electron chi connectivity index (χ2n) is 5.76. The molecule has 0 spiro atoms. The van der Waals surface area contributed by atoms with Crippen LogP contribution in [0.5, 0.6) is 5.75 Å². The third-order valence-electron chi connectivity index (χ3n) is 4.28. The van der Waals surface area contributed by atoms with Gasteiger partial charge in [0.1, 0.15) is 5.75 Å². The van der Waals surface area contributed by atoms with Crippen LogP contribution >= 0.6 is 0 Å². The van der Waals surface area contributed by atoms with Crippen molar-refractivity contribution in [3.05, 3.63) is 29.3 Å². The summed E-state index contributed by atoms with van der Waals surface area (Å²) in [5.41, 5.74) is 1.81. The van der Waals surface area contributed by atoms with Crippen LogP contribution in [0, 0.1) is 5.92 Å². The molecule has 1 N–H and O–H groups in total. The molecule has 1 aromatic rings. The largest absolute Gasteiger partial charge is 0.493 e. The van der Waals surface area contributed by atoms with Gasteiger partial charge in [0.25, 0.3) is 5.91 Å². The van der Waals surface area contributed by atoms with Crippen LogP contribution < -0.4 is 4.74 Å². The van der Waals surface area contributed by atoms with Gasteiger partial charge in [-0.15, -0.1) is 0 Å². The van der Waals surface area contributed by atoms with Gasteiger partial charge in [0.05, 0.1) is 6.61 Å². The molecule has 3 rings (SSSR count). The number of nitrogens with zero attached hydrogens (tertiary/aromatic N) is 1. The molecule has 5 nitrogen and oxygen atoms in total. The zero-order chi connectivity index (χ0) is 14.8. The summed E-state index contributed by atoms with van der Waals surface area (Å²) in [5.74, 6) is 0.469. The number of rotatable bonds is 4. The van der Waals surface area contributed by atoms with Gasteiger partial charge in [0.2, 0.25) is 0 Å². The van der Waals surface area contributed by atoms with Gasteiger partial charge in [-0.3, -0.25) is 9.59 Å². The maximum absolute atomic E-state index is 12.5. The Hall–Kier alpha value is -2.04. The molecule has 0 aliphatic carbocycles. The maximum atomic E-state index is 12.5. The van der Waals surface area contributed by atoms with E-state index in [1.165, 1.54) is 0 Å². The van der Waals surface area contributed by atoms with Crippen LogP contribution in [-0.4, -0.2) is 41.6 Å². The number of aliphatic carboxylic acids is 1. The van der Waals surface area contributed by atoms with Crippen molar-refractivity contribution in [1.29, 1.82) is 0 Å². The average molecular weight is 289 g/mol. The summed E-state index contributed by atoms with van der Waals surface area (Å²) < 4.78 is 5.45. The van der Waals surface area contributed by atoms with Gasteiger partial charge in [-0.2, -0.15) is 0 Å². The maximum Gasteiger partial charge on any atom is 0.303 e. The third kappa shape index (κ3) is 3.01. The van der Waals surface area contributed by atoms with E-state index >= 15 is 0 Å². The monoisotopic (exact) mass is 289 g/mol. The van der Waals surface area contributed by atoms with E-state index < -0.39 is 5.97 Å². The molecule has 5 heteroatoms. The molecule has 21 heavy (non-hydrogen) atoms. The zero-order valence-corrected chi connectivity index (χ0v) is 11.9. The molecule has 1 atom stereocenters. The molecule has 2 aliphatic rings. The van der Waals surface area contributed by atoms with Gasteiger partial charge >= 0.3 is 5.97 Å². The van der Waals surface area contributed by atoms with Gasteiger partial charge in [0, 0.05) is 31.5 Å². The first-order valence-corrected chi connectivity index (χ1v) is 7.40. The fourth-order valence-corrected chi connectivity index (χ4v) is 3.08. The topological polar surface area (TPSA) is 66.8 Å². The fraction of sp³-hybridized carbons (Fsp3) is 0.500. The van der Waals surface area contributed by atoms with Crippen molar-refractivity contribution in [2.75, 3.05) is 19.7 Å². The predicted molar refractivity (Wildman–Crippen MR) is 76.5 cm³/mol. The van der Waals surface area contributed by atoms with Gasteiger partial charge in [-0.25, -0.2) is 0 Å². The van der Waals surface area contributed by atoms with Crippen LogP contribution in [-0.2, 0) is 11.2 Å². The highest BCUT2D eigenvalue weighted by Crippen LogP contribution is 2.28. The minimum Gasteiger partial charge on any atom is -0.493 e. The molecule has 1 unspecified atom stereocenters. The SMILES string of the molecule is O=C(O)CCC1CCN(C(=O)c2ccc3c(c2)CCO3)C1. The van der Waals surface area contributed by atoms with E-state index in [2.05, 4.69) is 0 Å². The molecular formula is C16H19NO4. The fourth-order valence-electron chi connectivity index (χ4n) is 3.08. The van der Waals surface area contributed by atoms with E-state index in [9.17, 15) is 9.59 Å². The highest BCUT2D eigenvalue weighted by molar-refractivity contribution is 5.94. The number of carboxylic acid groups (broad SMARTS) is 1. The average Bonchev–Trinajstić information content (AvgIpc) is 3.12. The lowest BCUT2D eigenvalue weighted by Gasteiger charge is -2.17. The Balaban J connectivity index is 1.62. The number of likely N-dealkylation sites (tertiary alicyclic amines) is 1. The van der Waals surface area contributed by atoms with Crippen LogP contribution in [0.3, 0.4) is 0 Å². The number of hydrogen-bond acceptors (Lipinski definition) is 3. The number of carbonyl (C=O) groups excluding carboxylic acids is 1. The van der Waals surface area contributed by atoms with E-state index in [1.54, 1.807) is 0 Å². The number of ether oxygens (including phenoxy) is 1. The summed E-state index contributed by atoms with van der Waals surface area (Å²) in [7, 11) is 0. The zero-order valence-electron chi connectivity index (χ0n) is 11.9. The van der Waals surface area contributed by atoms with Crippen molar-refractivity contribution in [2.24, 2.45) is 5.92 Å². The van der Waals surface area contributed by atoms with Gasteiger partial charge in [0.15, 0.2) is 0 Å². The minimum absolute atomic E-state index is 0.0440. The highest BCUT2D eigenvalue weighted by atomic mass is 16.5. The van der Waals surface area contributed by atoms with Crippen LogP contribution in [0.1, 0.15) is 35.2 Å². The van der Waals surface area contributed by atoms with Gasteiger partial charge in [-0.05, 0) is 42.5 Å². The normalized spacial score (nSPS) is 20.2. The lowest BCUT2D eigenvalue weighted by atomic mass is 10.0. The first kappa shape index (κ1) is 13.9. The number of hydrogen-bond donors (Lipinski definition) is 1. The quantitative estimate of drug-likeness (QED) is 0.920. The Morgan fingerprint density at radius 3 is 3.05 bits per heavy atom. The second-order valence-corrected chi connectivity index (χ2v) is 5.76.